The van der Waals surface area contributed by atoms with E-state index < -0.39 is 5.60 Å². The Morgan fingerprint density at radius 3 is 2.58 bits per heavy atom. The van der Waals surface area contributed by atoms with Crippen LogP contribution in [0.5, 0.6) is 0 Å². The Kier molecular flexibility index (Phi) is 4.05. The molecule has 1 atom stereocenters. The third-order valence-electron chi connectivity index (χ3n) is 3.74. The Labute approximate surface area is 120 Å². The minimum absolute atomic E-state index is 0.129. The van der Waals surface area contributed by atoms with E-state index in [0.717, 1.165) is 25.2 Å². The van der Waals surface area contributed by atoms with Crippen molar-refractivity contribution < 1.29 is 5.11 Å². The van der Waals surface area contributed by atoms with E-state index in [4.69, 9.17) is 4.98 Å². The summed E-state index contributed by atoms with van der Waals surface area (Å²) in [5.41, 5.74) is 0.647. The van der Waals surface area contributed by atoms with Crippen LogP contribution in [-0.2, 0) is 12.0 Å². The highest BCUT2D eigenvalue weighted by atomic mass is 32.1. The third-order valence-corrected chi connectivity index (χ3v) is 5.05. The monoisotopic (exact) mass is 282 g/mol. The maximum Gasteiger partial charge on any atom is 0.0982 e. The van der Waals surface area contributed by atoms with Gasteiger partial charge in [0.15, 0.2) is 0 Å². The second kappa shape index (κ2) is 5.15. The van der Waals surface area contributed by atoms with Crippen molar-refractivity contribution in [3.05, 3.63) is 16.1 Å². The molecule has 19 heavy (non-hydrogen) atoms. The Hall–Kier alpha value is -0.450. The number of aromatic nitrogens is 1. The number of likely N-dealkylation sites (tertiary alicyclic amines) is 1. The molecule has 2 heterocycles. The minimum atomic E-state index is -0.626. The van der Waals surface area contributed by atoms with Crippen molar-refractivity contribution in [2.24, 2.45) is 0 Å². The second-order valence-electron chi connectivity index (χ2n) is 7.18. The van der Waals surface area contributed by atoms with Crippen molar-refractivity contribution in [2.75, 3.05) is 6.54 Å². The summed E-state index contributed by atoms with van der Waals surface area (Å²) in [5, 5.41) is 13.6. The summed E-state index contributed by atoms with van der Waals surface area (Å²) in [5.74, 6) is 0. The van der Waals surface area contributed by atoms with E-state index in [-0.39, 0.29) is 11.5 Å². The number of hydrogen-bond acceptors (Lipinski definition) is 4. The first-order chi connectivity index (χ1) is 8.68. The molecule has 1 saturated heterocycles. The van der Waals surface area contributed by atoms with Crippen LogP contribution in [0.4, 0.5) is 0 Å². The average Bonchev–Trinajstić information content (AvgIpc) is 2.84. The fraction of sp³-hybridized carbons (Fsp3) is 0.800. The minimum Gasteiger partial charge on any atom is -0.389 e. The molecule has 1 aromatic rings. The Balaban J connectivity index is 2.07. The second-order valence-corrected chi connectivity index (χ2v) is 8.03. The fourth-order valence-electron chi connectivity index (χ4n) is 2.75. The molecule has 1 aliphatic heterocycles. The lowest BCUT2D eigenvalue weighted by Crippen LogP contribution is -2.45. The molecule has 0 amide bonds. The molecular weight excluding hydrogens is 256 g/mol. The smallest absolute Gasteiger partial charge is 0.0982 e. The van der Waals surface area contributed by atoms with Gasteiger partial charge in [-0.2, -0.15) is 0 Å². The van der Waals surface area contributed by atoms with Gasteiger partial charge in [-0.05, 0) is 33.2 Å². The highest BCUT2D eigenvalue weighted by Crippen LogP contribution is 2.30. The van der Waals surface area contributed by atoms with Crippen molar-refractivity contribution in [1.82, 2.24) is 9.88 Å². The van der Waals surface area contributed by atoms with Gasteiger partial charge in [-0.25, -0.2) is 4.98 Å². The maximum atomic E-state index is 10.2. The van der Waals surface area contributed by atoms with Gasteiger partial charge in [0.1, 0.15) is 0 Å². The van der Waals surface area contributed by atoms with Crippen LogP contribution in [0.3, 0.4) is 0 Å². The van der Waals surface area contributed by atoms with Crippen LogP contribution in [0.1, 0.15) is 58.2 Å². The van der Waals surface area contributed by atoms with Gasteiger partial charge >= 0.3 is 0 Å². The lowest BCUT2D eigenvalue weighted by molar-refractivity contribution is -0.00533. The van der Waals surface area contributed by atoms with Gasteiger partial charge in [0.2, 0.25) is 0 Å². The molecular formula is C15H26N2OS. The molecule has 0 spiro atoms. The van der Waals surface area contributed by atoms with Gasteiger partial charge in [0.25, 0.3) is 0 Å². The van der Waals surface area contributed by atoms with Crippen molar-refractivity contribution in [2.45, 2.75) is 71.1 Å². The van der Waals surface area contributed by atoms with E-state index in [2.05, 4.69) is 31.1 Å². The first-order valence-corrected chi connectivity index (χ1v) is 7.97. The highest BCUT2D eigenvalue weighted by Gasteiger charge is 2.36. The number of aliphatic hydroxyl groups is 1. The zero-order chi connectivity index (χ0) is 14.3. The fourth-order valence-corrected chi connectivity index (χ4v) is 3.65. The predicted octanol–water partition coefficient (Wildman–Crippen LogP) is 3.18. The van der Waals surface area contributed by atoms with Crippen molar-refractivity contribution in [3.63, 3.8) is 0 Å². The van der Waals surface area contributed by atoms with Gasteiger partial charge in [-0.3, -0.25) is 4.90 Å². The molecule has 0 radical (unpaired) electrons. The highest BCUT2D eigenvalue weighted by molar-refractivity contribution is 7.09. The first kappa shape index (κ1) is 14.9. The predicted molar refractivity (Wildman–Crippen MR) is 80.5 cm³/mol. The van der Waals surface area contributed by atoms with E-state index in [1.807, 2.05) is 13.8 Å². The van der Waals surface area contributed by atoms with Gasteiger partial charge < -0.3 is 5.11 Å². The van der Waals surface area contributed by atoms with Gasteiger partial charge in [-0.15, -0.1) is 11.3 Å². The largest absolute Gasteiger partial charge is 0.389 e. The van der Waals surface area contributed by atoms with Crippen LogP contribution in [0.2, 0.25) is 0 Å². The quantitative estimate of drug-likeness (QED) is 0.925. The lowest BCUT2D eigenvalue weighted by atomic mass is 9.96. The first-order valence-electron chi connectivity index (χ1n) is 7.09. The number of nitrogens with zero attached hydrogens (tertiary/aromatic N) is 2. The molecule has 1 N–H and O–H groups in total. The summed E-state index contributed by atoms with van der Waals surface area (Å²) in [4.78, 5) is 7.13. The van der Waals surface area contributed by atoms with Crippen LogP contribution in [0, 0.1) is 0 Å². The molecule has 1 aromatic heterocycles. The number of rotatable bonds is 3. The summed E-state index contributed by atoms with van der Waals surface area (Å²) in [6.07, 6.45) is 2.25. The molecule has 4 heteroatoms. The van der Waals surface area contributed by atoms with E-state index in [9.17, 15) is 5.11 Å². The van der Waals surface area contributed by atoms with Crippen LogP contribution in [0.25, 0.3) is 0 Å². The van der Waals surface area contributed by atoms with Crippen LogP contribution in [0.15, 0.2) is 5.38 Å². The maximum absolute atomic E-state index is 10.2. The van der Waals surface area contributed by atoms with Crippen molar-refractivity contribution >= 4 is 11.3 Å². The molecule has 1 fully saturated rings. The van der Waals surface area contributed by atoms with Crippen molar-refractivity contribution in [3.8, 4) is 0 Å². The Bertz CT molecular complexity index is 428. The Morgan fingerprint density at radius 1 is 1.37 bits per heavy atom. The molecule has 0 aromatic carbocycles. The molecule has 1 unspecified atom stereocenters. The third kappa shape index (κ3) is 3.56. The molecule has 0 aliphatic carbocycles. The van der Waals surface area contributed by atoms with Crippen molar-refractivity contribution in [1.29, 1.82) is 0 Å². The van der Waals surface area contributed by atoms with E-state index in [1.54, 1.807) is 11.3 Å². The summed E-state index contributed by atoms with van der Waals surface area (Å²) < 4.78 is 0. The van der Waals surface area contributed by atoms with Gasteiger partial charge in [0.05, 0.1) is 16.3 Å². The molecule has 0 saturated carbocycles. The zero-order valence-corrected chi connectivity index (χ0v) is 13.5. The Morgan fingerprint density at radius 2 is 2.05 bits per heavy atom. The summed E-state index contributed by atoms with van der Waals surface area (Å²) in [6.45, 7) is 12.4. The summed E-state index contributed by atoms with van der Waals surface area (Å²) >= 11 is 1.75. The van der Waals surface area contributed by atoms with E-state index in [0.29, 0.717) is 0 Å². The topological polar surface area (TPSA) is 36.4 Å². The van der Waals surface area contributed by atoms with Crippen LogP contribution >= 0.6 is 11.3 Å². The van der Waals surface area contributed by atoms with Gasteiger partial charge in [0, 0.05) is 23.4 Å². The average molecular weight is 282 g/mol. The molecule has 2 rings (SSSR count). The van der Waals surface area contributed by atoms with Gasteiger partial charge in [-0.1, -0.05) is 20.8 Å². The van der Waals surface area contributed by atoms with Crippen LogP contribution in [-0.4, -0.2) is 33.2 Å². The SMILES string of the molecule is CC(C)(C)c1nc(CN2CCCC2C(C)(C)O)cs1. The van der Waals surface area contributed by atoms with E-state index in [1.165, 1.54) is 11.4 Å². The number of thiazole rings is 1. The summed E-state index contributed by atoms with van der Waals surface area (Å²) in [6, 6.07) is 0.257. The molecule has 3 nitrogen and oxygen atoms in total. The summed E-state index contributed by atoms with van der Waals surface area (Å²) in [7, 11) is 0. The van der Waals surface area contributed by atoms with Crippen LogP contribution < -0.4 is 0 Å². The molecule has 1 aliphatic rings. The molecule has 0 bridgehead atoms. The zero-order valence-electron chi connectivity index (χ0n) is 12.7. The number of hydrogen-bond donors (Lipinski definition) is 1. The normalized spacial score (nSPS) is 22.1. The molecule has 108 valence electrons. The van der Waals surface area contributed by atoms with E-state index >= 15 is 0 Å². The lowest BCUT2D eigenvalue weighted by Gasteiger charge is -2.33. The standard InChI is InChI=1S/C15H26N2OS/c1-14(2,3)13-16-11(10-19-13)9-17-8-6-7-12(17)15(4,5)18/h10,12,18H,6-9H2,1-5H3.